The summed E-state index contributed by atoms with van der Waals surface area (Å²) in [6.45, 7) is 5.41. The summed E-state index contributed by atoms with van der Waals surface area (Å²) in [5.41, 5.74) is 4.37. The van der Waals surface area contributed by atoms with Crippen LogP contribution in [0.15, 0.2) is 54.9 Å². The summed E-state index contributed by atoms with van der Waals surface area (Å²) < 4.78 is 46.2. The maximum atomic E-state index is 12.8. The van der Waals surface area contributed by atoms with Gasteiger partial charge in [0.15, 0.2) is 5.82 Å². The van der Waals surface area contributed by atoms with Crippen LogP contribution >= 0.6 is 0 Å². The highest BCUT2D eigenvalue weighted by molar-refractivity contribution is 5.85. The number of benzene rings is 2. The van der Waals surface area contributed by atoms with Gasteiger partial charge in [-0.1, -0.05) is 12.1 Å². The van der Waals surface area contributed by atoms with Gasteiger partial charge in [-0.15, -0.1) is 0 Å². The second kappa shape index (κ2) is 8.76. The molecule has 34 heavy (non-hydrogen) atoms. The van der Waals surface area contributed by atoms with Crippen molar-refractivity contribution in [1.82, 2.24) is 19.4 Å². The number of hydrogen-bond acceptors (Lipinski definition) is 4. The molecule has 0 saturated heterocycles. The average molecular weight is 467 g/mol. The zero-order valence-electron chi connectivity index (χ0n) is 19.1. The molecule has 2 aromatic carbocycles. The minimum atomic E-state index is -4.35. The number of nitrogens with zero attached hydrogens (tertiary/aromatic N) is 4. The molecule has 0 amide bonds. The summed E-state index contributed by atoms with van der Waals surface area (Å²) in [6.07, 6.45) is 0.429. The Hall–Kier alpha value is -3.39. The van der Waals surface area contributed by atoms with Crippen LogP contribution in [0.4, 0.5) is 13.2 Å². The van der Waals surface area contributed by atoms with Crippen LogP contribution in [0.25, 0.3) is 22.3 Å². The molecular weight excluding hydrogens is 441 g/mol. The second-order valence-electron chi connectivity index (χ2n) is 8.52. The van der Waals surface area contributed by atoms with Gasteiger partial charge in [0.25, 0.3) is 0 Å². The first kappa shape index (κ1) is 22.4. The lowest BCUT2D eigenvalue weighted by atomic mass is 10.0. The number of methoxy groups -OCH3 is 1. The van der Waals surface area contributed by atoms with Crippen LogP contribution in [-0.4, -0.2) is 33.1 Å². The Kier molecular flexibility index (Phi) is 5.77. The summed E-state index contributed by atoms with van der Waals surface area (Å²) >= 11 is 0. The first-order valence-electron chi connectivity index (χ1n) is 11.3. The molecule has 5 rings (SSSR count). The lowest BCUT2D eigenvalue weighted by Gasteiger charge is -2.28. The first-order chi connectivity index (χ1) is 16.4. The Balaban J connectivity index is 1.35. The molecule has 0 saturated carbocycles. The average Bonchev–Trinajstić information content (AvgIpc) is 3.19. The van der Waals surface area contributed by atoms with E-state index in [1.165, 1.54) is 28.6 Å². The fourth-order valence-electron chi connectivity index (χ4n) is 4.56. The molecule has 3 heterocycles. The highest BCUT2D eigenvalue weighted by Gasteiger charge is 2.30. The summed E-state index contributed by atoms with van der Waals surface area (Å²) in [5, 5.41) is 1.20. The van der Waals surface area contributed by atoms with E-state index in [9.17, 15) is 13.2 Å². The van der Waals surface area contributed by atoms with Gasteiger partial charge in [0.05, 0.1) is 18.4 Å². The quantitative estimate of drug-likeness (QED) is 0.378. The zero-order chi connectivity index (χ0) is 23.9. The molecule has 1 aliphatic rings. The first-order valence-corrected chi connectivity index (χ1v) is 11.3. The van der Waals surface area contributed by atoms with Crippen LogP contribution in [-0.2, 0) is 32.2 Å². The topological polar surface area (TPSA) is 43.2 Å². The Labute approximate surface area is 195 Å². The van der Waals surface area contributed by atoms with E-state index < -0.39 is 11.7 Å². The number of aryl methyl sites for hydroxylation is 1. The Morgan fingerprint density at radius 3 is 2.59 bits per heavy atom. The van der Waals surface area contributed by atoms with Gasteiger partial charge in [0.2, 0.25) is 0 Å². The predicted octanol–water partition coefficient (Wildman–Crippen LogP) is 5.70. The number of hydrogen-bond donors (Lipinski definition) is 0. The van der Waals surface area contributed by atoms with E-state index in [1.54, 1.807) is 13.3 Å². The number of rotatable bonds is 5. The Bertz CT molecular complexity index is 1330. The van der Waals surface area contributed by atoms with Crippen molar-refractivity contribution in [2.75, 3.05) is 13.7 Å². The zero-order valence-corrected chi connectivity index (χ0v) is 19.1. The molecule has 0 spiro atoms. The summed E-state index contributed by atoms with van der Waals surface area (Å²) in [5.74, 6) is 1.30. The number of halogens is 3. The minimum absolute atomic E-state index is 0.457. The third-order valence-corrected chi connectivity index (χ3v) is 6.39. The third kappa shape index (κ3) is 4.25. The number of ether oxygens (including phenoxy) is 1. The summed E-state index contributed by atoms with van der Waals surface area (Å²) in [6, 6.07) is 11.2. The van der Waals surface area contributed by atoms with Gasteiger partial charge >= 0.3 is 6.18 Å². The maximum Gasteiger partial charge on any atom is 0.416 e. The van der Waals surface area contributed by atoms with Gasteiger partial charge in [-0.2, -0.15) is 13.2 Å². The largest absolute Gasteiger partial charge is 0.497 e. The van der Waals surface area contributed by atoms with Gasteiger partial charge in [-0.3, -0.25) is 4.90 Å². The highest BCUT2D eigenvalue weighted by atomic mass is 19.4. The fraction of sp³-hybridized carbons (Fsp3) is 0.308. The summed E-state index contributed by atoms with van der Waals surface area (Å²) in [7, 11) is 1.68. The van der Waals surface area contributed by atoms with Crippen LogP contribution in [0.2, 0.25) is 0 Å². The molecule has 0 radical (unpaired) electrons. The lowest BCUT2D eigenvalue weighted by molar-refractivity contribution is -0.137. The standard InChI is InChI=1S/C26H25F3N4O/c1-3-33-16-19(22-12-21(34-2)8-9-24(22)33)15-32-11-10-23-18(14-32)13-30-25(31-23)17-4-6-20(7-5-17)26(27,28)29/h4-9,12-13,16H,3,10-11,14-15H2,1-2H3. The SMILES string of the molecule is CCn1cc(CN2CCc3nc(-c4ccc(C(F)(F)F)cc4)ncc3C2)c2cc(OC)ccc21. The molecule has 0 N–H and O–H groups in total. The van der Waals surface area contributed by atoms with Gasteiger partial charge in [-0.25, -0.2) is 9.97 Å². The molecule has 5 nitrogen and oxygen atoms in total. The van der Waals surface area contributed by atoms with E-state index in [4.69, 9.17) is 4.74 Å². The van der Waals surface area contributed by atoms with E-state index in [2.05, 4.69) is 44.7 Å². The second-order valence-corrected chi connectivity index (χ2v) is 8.52. The van der Waals surface area contributed by atoms with Crippen molar-refractivity contribution in [3.05, 3.63) is 77.2 Å². The van der Waals surface area contributed by atoms with Crippen LogP contribution in [0.3, 0.4) is 0 Å². The van der Waals surface area contributed by atoms with Gasteiger partial charge in [0, 0.05) is 67.0 Å². The summed E-state index contributed by atoms with van der Waals surface area (Å²) in [4.78, 5) is 11.5. The molecule has 1 aliphatic heterocycles. The van der Waals surface area contributed by atoms with Gasteiger partial charge in [-0.05, 0) is 42.8 Å². The monoisotopic (exact) mass is 466 g/mol. The van der Waals surface area contributed by atoms with Crippen LogP contribution in [0.5, 0.6) is 5.75 Å². The van der Waals surface area contributed by atoms with Crippen LogP contribution in [0, 0.1) is 0 Å². The number of fused-ring (bicyclic) bond motifs is 2. The van der Waals surface area contributed by atoms with Crippen molar-refractivity contribution >= 4 is 10.9 Å². The van der Waals surface area contributed by atoms with Crippen molar-refractivity contribution in [3.8, 4) is 17.1 Å². The molecule has 0 aliphatic carbocycles. The van der Waals surface area contributed by atoms with Crippen molar-refractivity contribution < 1.29 is 17.9 Å². The van der Waals surface area contributed by atoms with Crippen molar-refractivity contribution in [1.29, 1.82) is 0 Å². The number of aromatic nitrogens is 3. The Morgan fingerprint density at radius 2 is 1.88 bits per heavy atom. The van der Waals surface area contributed by atoms with E-state index in [0.717, 1.165) is 61.7 Å². The van der Waals surface area contributed by atoms with Crippen LogP contribution < -0.4 is 4.74 Å². The van der Waals surface area contributed by atoms with Crippen molar-refractivity contribution in [2.45, 2.75) is 39.2 Å². The molecule has 2 aromatic heterocycles. The molecule has 4 aromatic rings. The van der Waals surface area contributed by atoms with E-state index >= 15 is 0 Å². The van der Waals surface area contributed by atoms with E-state index in [0.29, 0.717) is 11.4 Å². The third-order valence-electron chi connectivity index (χ3n) is 6.39. The van der Waals surface area contributed by atoms with E-state index in [-0.39, 0.29) is 0 Å². The molecule has 0 bridgehead atoms. The predicted molar refractivity (Wildman–Crippen MR) is 124 cm³/mol. The molecule has 176 valence electrons. The molecule has 0 fully saturated rings. The van der Waals surface area contributed by atoms with Crippen LogP contribution in [0.1, 0.15) is 29.3 Å². The molecule has 0 unspecified atom stereocenters. The van der Waals surface area contributed by atoms with Gasteiger partial charge < -0.3 is 9.30 Å². The lowest BCUT2D eigenvalue weighted by Crippen LogP contribution is -2.30. The van der Waals surface area contributed by atoms with Crippen molar-refractivity contribution in [2.24, 2.45) is 0 Å². The number of alkyl halides is 3. The van der Waals surface area contributed by atoms with Crippen molar-refractivity contribution in [3.63, 3.8) is 0 Å². The molecular formula is C26H25F3N4O. The maximum absolute atomic E-state index is 12.8. The smallest absolute Gasteiger partial charge is 0.416 e. The molecule has 8 heteroatoms. The van der Waals surface area contributed by atoms with E-state index in [1.807, 2.05) is 6.07 Å². The fourth-order valence-corrected chi connectivity index (χ4v) is 4.56. The Morgan fingerprint density at radius 1 is 1.09 bits per heavy atom. The van der Waals surface area contributed by atoms with Gasteiger partial charge in [0.1, 0.15) is 5.75 Å². The minimum Gasteiger partial charge on any atom is -0.497 e. The highest BCUT2D eigenvalue weighted by Crippen LogP contribution is 2.31. The normalized spacial score (nSPS) is 14.4. The molecule has 0 atom stereocenters.